The SMILES string of the molecule is Cl.N[C@@H](C[C@@H](O)c1ccc(O)c(O)c1)C(F)(F)F. The van der Waals surface area contributed by atoms with E-state index in [1.54, 1.807) is 0 Å². The fourth-order valence-electron chi connectivity index (χ4n) is 1.26. The first-order valence-electron chi connectivity index (χ1n) is 4.74. The van der Waals surface area contributed by atoms with Crippen LogP contribution in [0.15, 0.2) is 18.2 Å². The molecule has 4 nitrogen and oxygen atoms in total. The second kappa shape index (κ2) is 6.12. The highest BCUT2D eigenvalue weighted by molar-refractivity contribution is 5.85. The molecule has 0 amide bonds. The van der Waals surface area contributed by atoms with Crippen LogP contribution < -0.4 is 5.73 Å². The van der Waals surface area contributed by atoms with Gasteiger partial charge in [0.2, 0.25) is 0 Å². The molecule has 104 valence electrons. The number of rotatable bonds is 3. The van der Waals surface area contributed by atoms with Gasteiger partial charge < -0.3 is 21.1 Å². The summed E-state index contributed by atoms with van der Waals surface area (Å²) in [7, 11) is 0. The lowest BCUT2D eigenvalue weighted by molar-refractivity contribution is -0.153. The average Bonchev–Trinajstić information content (AvgIpc) is 2.20. The molecule has 0 saturated heterocycles. The second-order valence-electron chi connectivity index (χ2n) is 3.65. The zero-order chi connectivity index (χ0) is 13.2. The quantitative estimate of drug-likeness (QED) is 0.639. The Bertz CT molecular complexity index is 400. The Morgan fingerprint density at radius 2 is 1.72 bits per heavy atom. The number of phenolic OH excluding ortho intramolecular Hbond substituents is 2. The van der Waals surface area contributed by atoms with Gasteiger partial charge in [0.1, 0.15) is 6.04 Å². The number of nitrogens with two attached hydrogens (primary N) is 1. The summed E-state index contributed by atoms with van der Waals surface area (Å²) in [5.41, 5.74) is 4.92. The number of aromatic hydroxyl groups is 2. The Kier molecular flexibility index (Phi) is 5.72. The Balaban J connectivity index is 0.00000289. The molecule has 2 atom stereocenters. The molecule has 0 aliphatic rings. The summed E-state index contributed by atoms with van der Waals surface area (Å²) >= 11 is 0. The van der Waals surface area contributed by atoms with Crippen LogP contribution in [0.3, 0.4) is 0 Å². The van der Waals surface area contributed by atoms with Crippen molar-refractivity contribution >= 4 is 12.4 Å². The van der Waals surface area contributed by atoms with Crippen molar-refractivity contribution in [2.24, 2.45) is 5.73 Å². The topological polar surface area (TPSA) is 86.7 Å². The van der Waals surface area contributed by atoms with E-state index < -0.39 is 36.2 Å². The lowest BCUT2D eigenvalue weighted by Crippen LogP contribution is -2.38. The predicted molar refractivity (Wildman–Crippen MR) is 60.6 cm³/mol. The van der Waals surface area contributed by atoms with E-state index in [1.165, 1.54) is 6.07 Å². The van der Waals surface area contributed by atoms with Crippen molar-refractivity contribution in [2.45, 2.75) is 24.7 Å². The van der Waals surface area contributed by atoms with Crippen LogP contribution in [0.5, 0.6) is 11.5 Å². The third-order valence-corrected chi connectivity index (χ3v) is 2.28. The fraction of sp³-hybridized carbons (Fsp3) is 0.400. The van der Waals surface area contributed by atoms with E-state index in [0.29, 0.717) is 0 Å². The normalized spacial score (nSPS) is 14.7. The van der Waals surface area contributed by atoms with E-state index >= 15 is 0 Å². The average molecular weight is 288 g/mol. The molecule has 0 aliphatic heterocycles. The van der Waals surface area contributed by atoms with E-state index in [2.05, 4.69) is 0 Å². The van der Waals surface area contributed by atoms with Crippen LogP contribution in [0.4, 0.5) is 13.2 Å². The molecular formula is C10H13ClF3NO3. The largest absolute Gasteiger partial charge is 0.504 e. The van der Waals surface area contributed by atoms with Crippen LogP contribution in [-0.2, 0) is 0 Å². The summed E-state index contributed by atoms with van der Waals surface area (Å²) in [6.45, 7) is 0. The molecule has 1 rings (SSSR count). The van der Waals surface area contributed by atoms with Gasteiger partial charge >= 0.3 is 6.18 Å². The summed E-state index contributed by atoms with van der Waals surface area (Å²) in [5.74, 6) is -0.928. The van der Waals surface area contributed by atoms with Crippen molar-refractivity contribution < 1.29 is 28.5 Å². The maximum atomic E-state index is 12.1. The zero-order valence-corrected chi connectivity index (χ0v) is 9.87. The molecule has 0 saturated carbocycles. The summed E-state index contributed by atoms with van der Waals surface area (Å²) in [5, 5.41) is 27.6. The predicted octanol–water partition coefficient (Wildman–Crippen LogP) is 1.83. The van der Waals surface area contributed by atoms with Crippen LogP contribution in [-0.4, -0.2) is 27.5 Å². The fourth-order valence-corrected chi connectivity index (χ4v) is 1.26. The molecule has 0 fully saturated rings. The number of aliphatic hydroxyl groups excluding tert-OH is 1. The van der Waals surface area contributed by atoms with Gasteiger partial charge in [0.25, 0.3) is 0 Å². The molecule has 1 aromatic carbocycles. The monoisotopic (exact) mass is 287 g/mol. The maximum absolute atomic E-state index is 12.1. The van der Waals surface area contributed by atoms with Crippen molar-refractivity contribution in [3.63, 3.8) is 0 Å². The molecule has 1 aromatic rings. The molecule has 8 heteroatoms. The molecule has 0 aliphatic carbocycles. The molecule has 0 spiro atoms. The van der Waals surface area contributed by atoms with Crippen LogP contribution in [0, 0.1) is 0 Å². The van der Waals surface area contributed by atoms with Gasteiger partial charge in [-0.15, -0.1) is 12.4 Å². The summed E-state index contributed by atoms with van der Waals surface area (Å²) in [4.78, 5) is 0. The minimum absolute atomic E-state index is 0. The number of hydrogen-bond donors (Lipinski definition) is 4. The van der Waals surface area contributed by atoms with Crippen LogP contribution >= 0.6 is 12.4 Å². The first kappa shape index (κ1) is 16.8. The smallest absolute Gasteiger partial charge is 0.403 e. The summed E-state index contributed by atoms with van der Waals surface area (Å²) in [6.07, 6.45) is -6.76. The summed E-state index contributed by atoms with van der Waals surface area (Å²) in [6, 6.07) is 1.13. The highest BCUT2D eigenvalue weighted by atomic mass is 35.5. The first-order chi connectivity index (χ1) is 7.71. The Morgan fingerprint density at radius 3 is 2.17 bits per heavy atom. The van der Waals surface area contributed by atoms with Crippen molar-refractivity contribution in [3.8, 4) is 11.5 Å². The highest BCUT2D eigenvalue weighted by Crippen LogP contribution is 2.31. The van der Waals surface area contributed by atoms with E-state index in [-0.39, 0.29) is 18.0 Å². The molecule has 0 aromatic heterocycles. The Hall–Kier alpha value is -1.18. The van der Waals surface area contributed by atoms with Crippen molar-refractivity contribution in [2.75, 3.05) is 0 Å². The molecule has 18 heavy (non-hydrogen) atoms. The third kappa shape index (κ3) is 4.25. The van der Waals surface area contributed by atoms with E-state index in [0.717, 1.165) is 12.1 Å². The minimum Gasteiger partial charge on any atom is -0.504 e. The van der Waals surface area contributed by atoms with Gasteiger partial charge in [0.15, 0.2) is 11.5 Å². The second-order valence-corrected chi connectivity index (χ2v) is 3.65. The van der Waals surface area contributed by atoms with Gasteiger partial charge in [-0.25, -0.2) is 0 Å². The molecule has 0 heterocycles. The molecular weight excluding hydrogens is 275 g/mol. The van der Waals surface area contributed by atoms with Crippen molar-refractivity contribution in [1.29, 1.82) is 0 Å². The van der Waals surface area contributed by atoms with Gasteiger partial charge in [-0.1, -0.05) is 6.07 Å². The van der Waals surface area contributed by atoms with Gasteiger partial charge in [0.05, 0.1) is 6.10 Å². The van der Waals surface area contributed by atoms with E-state index in [9.17, 15) is 18.3 Å². The molecule has 0 radical (unpaired) electrons. The lowest BCUT2D eigenvalue weighted by atomic mass is 10.0. The van der Waals surface area contributed by atoms with Crippen LogP contribution in [0.2, 0.25) is 0 Å². The summed E-state index contributed by atoms with van der Waals surface area (Å²) < 4.78 is 36.4. The van der Waals surface area contributed by atoms with E-state index in [4.69, 9.17) is 15.9 Å². The van der Waals surface area contributed by atoms with Gasteiger partial charge in [-0.3, -0.25) is 0 Å². The number of hydrogen-bond acceptors (Lipinski definition) is 4. The lowest BCUT2D eigenvalue weighted by Gasteiger charge is -2.19. The van der Waals surface area contributed by atoms with Gasteiger partial charge in [-0.2, -0.15) is 13.2 Å². The van der Waals surface area contributed by atoms with Gasteiger partial charge in [-0.05, 0) is 17.7 Å². The molecule has 5 N–H and O–H groups in total. The maximum Gasteiger partial charge on any atom is 0.403 e. The first-order valence-corrected chi connectivity index (χ1v) is 4.74. The zero-order valence-electron chi connectivity index (χ0n) is 9.05. The third-order valence-electron chi connectivity index (χ3n) is 2.28. The van der Waals surface area contributed by atoms with Crippen molar-refractivity contribution in [1.82, 2.24) is 0 Å². The number of aliphatic hydroxyl groups is 1. The Morgan fingerprint density at radius 1 is 1.17 bits per heavy atom. The highest BCUT2D eigenvalue weighted by Gasteiger charge is 2.38. The van der Waals surface area contributed by atoms with Crippen molar-refractivity contribution in [3.05, 3.63) is 23.8 Å². The standard InChI is InChI=1S/C10H12F3NO3.ClH/c11-10(12,13)9(14)4-7(16)5-1-2-6(15)8(17)3-5;/h1-3,7,9,15-17H,4,14H2;1H/t7-,9+;/m1./s1. The number of phenols is 2. The number of alkyl halides is 3. The molecule has 0 bridgehead atoms. The molecule has 0 unspecified atom stereocenters. The number of benzene rings is 1. The van der Waals surface area contributed by atoms with Crippen LogP contribution in [0.25, 0.3) is 0 Å². The van der Waals surface area contributed by atoms with E-state index in [1.807, 2.05) is 0 Å². The Labute approximate surface area is 107 Å². The number of halogens is 4. The van der Waals surface area contributed by atoms with Crippen LogP contribution in [0.1, 0.15) is 18.1 Å². The van der Waals surface area contributed by atoms with Gasteiger partial charge in [0, 0.05) is 6.42 Å². The minimum atomic E-state index is -4.58.